The number of rotatable bonds is 3. The lowest BCUT2D eigenvalue weighted by atomic mass is 10.2. The van der Waals surface area contributed by atoms with Crippen LogP contribution in [0.4, 0.5) is 4.79 Å². The van der Waals surface area contributed by atoms with Gasteiger partial charge in [-0.3, -0.25) is 0 Å². The van der Waals surface area contributed by atoms with Gasteiger partial charge >= 0.3 is 16.3 Å². The summed E-state index contributed by atoms with van der Waals surface area (Å²) >= 11 is 0. The van der Waals surface area contributed by atoms with Gasteiger partial charge in [-0.15, -0.1) is 0 Å². The normalized spacial score (nSPS) is 22.7. The first-order chi connectivity index (χ1) is 7.01. The molecule has 1 atom stereocenters. The van der Waals surface area contributed by atoms with Gasteiger partial charge in [0.05, 0.1) is 13.7 Å². The summed E-state index contributed by atoms with van der Waals surface area (Å²) in [5.74, 6) is 0. The summed E-state index contributed by atoms with van der Waals surface area (Å²) in [5.41, 5.74) is 0. The molecule has 1 saturated heterocycles. The molecule has 1 aliphatic heterocycles. The minimum absolute atomic E-state index is 0.248. The zero-order valence-corrected chi connectivity index (χ0v) is 9.16. The molecule has 1 rings (SSSR count). The molecule has 88 valence electrons. The maximum Gasteiger partial charge on any atom is 0.421 e. The minimum atomic E-state index is -3.88. The van der Waals surface area contributed by atoms with Crippen molar-refractivity contribution in [3.05, 3.63) is 0 Å². The Balaban J connectivity index is 2.72. The van der Waals surface area contributed by atoms with Crippen molar-refractivity contribution in [3.63, 3.8) is 0 Å². The Labute approximate surface area is 88.2 Å². The Morgan fingerprint density at radius 3 is 2.87 bits per heavy atom. The fourth-order valence-corrected chi connectivity index (χ4v) is 2.86. The van der Waals surface area contributed by atoms with Gasteiger partial charge in [0, 0.05) is 12.6 Å². The van der Waals surface area contributed by atoms with Crippen LogP contribution in [0.25, 0.3) is 0 Å². The van der Waals surface area contributed by atoms with Crippen LogP contribution in [-0.4, -0.2) is 50.2 Å². The van der Waals surface area contributed by atoms with Gasteiger partial charge in [0.25, 0.3) is 0 Å². The molecule has 0 radical (unpaired) electrons. The van der Waals surface area contributed by atoms with Gasteiger partial charge < -0.3 is 9.84 Å². The van der Waals surface area contributed by atoms with Gasteiger partial charge in [-0.05, 0) is 12.8 Å². The first-order valence-electron chi connectivity index (χ1n) is 4.49. The average molecular weight is 238 g/mol. The zero-order chi connectivity index (χ0) is 11.5. The summed E-state index contributed by atoms with van der Waals surface area (Å²) in [5, 5.41) is 8.94. The monoisotopic (exact) mass is 238 g/mol. The van der Waals surface area contributed by atoms with E-state index in [1.165, 1.54) is 0 Å². The quantitative estimate of drug-likeness (QED) is 0.660. The maximum absolute atomic E-state index is 11.6. The van der Waals surface area contributed by atoms with Gasteiger partial charge in [0.1, 0.15) is 0 Å². The predicted octanol–water partition coefficient (Wildman–Crippen LogP) is -0.956. The van der Waals surface area contributed by atoms with E-state index in [1.807, 2.05) is 0 Å². The van der Waals surface area contributed by atoms with Crippen LogP contribution >= 0.6 is 0 Å². The van der Waals surface area contributed by atoms with Crippen molar-refractivity contribution in [1.29, 1.82) is 0 Å². The van der Waals surface area contributed by atoms with Crippen LogP contribution in [0.3, 0.4) is 0 Å². The van der Waals surface area contributed by atoms with Gasteiger partial charge in [-0.25, -0.2) is 9.52 Å². The summed E-state index contributed by atoms with van der Waals surface area (Å²) in [4.78, 5) is 10.8. The second-order valence-electron chi connectivity index (χ2n) is 3.19. The van der Waals surface area contributed by atoms with E-state index in [0.29, 0.717) is 19.4 Å². The lowest BCUT2D eigenvalue weighted by molar-refractivity contribution is 0.175. The number of nitrogens with one attached hydrogen (secondary N) is 1. The third kappa shape index (κ3) is 2.80. The molecule has 15 heavy (non-hydrogen) atoms. The molecule has 0 aromatic rings. The zero-order valence-electron chi connectivity index (χ0n) is 8.34. The molecule has 1 amide bonds. The minimum Gasteiger partial charge on any atom is -0.452 e. The van der Waals surface area contributed by atoms with E-state index in [1.54, 1.807) is 4.72 Å². The molecule has 0 aromatic heterocycles. The topological polar surface area (TPSA) is 95.9 Å². The molecule has 0 aromatic carbocycles. The number of amides is 1. The number of ether oxygens (including phenoxy) is 1. The molecule has 1 heterocycles. The van der Waals surface area contributed by atoms with Crippen LogP contribution in [-0.2, 0) is 14.9 Å². The molecule has 7 nitrogen and oxygen atoms in total. The number of carbonyl (C=O) groups is 1. The van der Waals surface area contributed by atoms with Crippen LogP contribution in [0.2, 0.25) is 0 Å². The lowest BCUT2D eigenvalue weighted by Crippen LogP contribution is -2.46. The van der Waals surface area contributed by atoms with E-state index in [-0.39, 0.29) is 6.61 Å². The first-order valence-corrected chi connectivity index (χ1v) is 5.93. The predicted molar refractivity (Wildman–Crippen MR) is 51.3 cm³/mol. The molecule has 8 heteroatoms. The molecule has 0 bridgehead atoms. The third-order valence-corrected chi connectivity index (χ3v) is 3.76. The summed E-state index contributed by atoms with van der Waals surface area (Å²) in [6, 6.07) is -0.452. The molecule has 1 fully saturated rings. The van der Waals surface area contributed by atoms with Crippen molar-refractivity contribution in [2.24, 2.45) is 0 Å². The van der Waals surface area contributed by atoms with Crippen molar-refractivity contribution >= 4 is 16.3 Å². The molecular weight excluding hydrogens is 224 g/mol. The lowest BCUT2D eigenvalue weighted by Gasteiger charge is -2.21. The summed E-state index contributed by atoms with van der Waals surface area (Å²) in [7, 11) is -2.80. The van der Waals surface area contributed by atoms with Crippen LogP contribution in [0, 0.1) is 0 Å². The first kappa shape index (κ1) is 12.2. The van der Waals surface area contributed by atoms with E-state index >= 15 is 0 Å². The van der Waals surface area contributed by atoms with E-state index in [4.69, 9.17) is 5.11 Å². The van der Waals surface area contributed by atoms with Gasteiger partial charge in [0.15, 0.2) is 0 Å². The number of aliphatic hydroxyl groups excluding tert-OH is 1. The third-order valence-electron chi connectivity index (χ3n) is 2.24. The fourth-order valence-electron chi connectivity index (χ4n) is 1.51. The molecule has 2 N–H and O–H groups in total. The number of carbonyl (C=O) groups excluding carboxylic acids is 1. The highest BCUT2D eigenvalue weighted by Gasteiger charge is 2.34. The van der Waals surface area contributed by atoms with Crippen molar-refractivity contribution in [2.75, 3.05) is 20.3 Å². The highest BCUT2D eigenvalue weighted by atomic mass is 32.2. The van der Waals surface area contributed by atoms with Crippen molar-refractivity contribution in [3.8, 4) is 0 Å². The molecule has 0 saturated carbocycles. The maximum atomic E-state index is 11.6. The second-order valence-corrected chi connectivity index (χ2v) is 4.81. The number of methoxy groups -OCH3 is 1. The van der Waals surface area contributed by atoms with Crippen LogP contribution in [0.15, 0.2) is 0 Å². The van der Waals surface area contributed by atoms with Crippen molar-refractivity contribution in [2.45, 2.75) is 18.9 Å². The van der Waals surface area contributed by atoms with Gasteiger partial charge in [-0.2, -0.15) is 12.7 Å². The summed E-state index contributed by atoms with van der Waals surface area (Å²) < 4.78 is 30.2. The fraction of sp³-hybridized carbons (Fsp3) is 0.857. The van der Waals surface area contributed by atoms with E-state index in [0.717, 1.165) is 11.4 Å². The Morgan fingerprint density at radius 1 is 1.67 bits per heavy atom. The highest BCUT2D eigenvalue weighted by molar-refractivity contribution is 7.87. The average Bonchev–Trinajstić information content (AvgIpc) is 2.65. The van der Waals surface area contributed by atoms with Crippen LogP contribution in [0.5, 0.6) is 0 Å². The smallest absolute Gasteiger partial charge is 0.421 e. The number of nitrogens with zero attached hydrogens (tertiary/aromatic N) is 1. The Kier molecular flexibility index (Phi) is 3.89. The molecular formula is C7H14N2O5S. The van der Waals surface area contributed by atoms with Crippen LogP contribution in [0.1, 0.15) is 12.8 Å². The molecule has 1 aliphatic rings. The Morgan fingerprint density at radius 2 is 2.33 bits per heavy atom. The van der Waals surface area contributed by atoms with Crippen molar-refractivity contribution < 1.29 is 23.1 Å². The van der Waals surface area contributed by atoms with Crippen molar-refractivity contribution in [1.82, 2.24) is 9.03 Å². The number of hydrogen-bond donors (Lipinski definition) is 2. The van der Waals surface area contributed by atoms with E-state index in [9.17, 15) is 13.2 Å². The number of aliphatic hydroxyl groups is 1. The summed E-state index contributed by atoms with van der Waals surface area (Å²) in [6.45, 7) is 0.0552. The van der Waals surface area contributed by atoms with Gasteiger partial charge in [0.2, 0.25) is 0 Å². The number of hydrogen-bond acceptors (Lipinski definition) is 5. The largest absolute Gasteiger partial charge is 0.452 e. The molecule has 1 unspecified atom stereocenters. The summed E-state index contributed by atoms with van der Waals surface area (Å²) in [6.07, 6.45) is 0.241. The second kappa shape index (κ2) is 4.77. The Bertz CT molecular complexity index is 328. The standard InChI is InChI=1S/C7H14N2O5S/c1-14-7(11)8-15(12,13)9-4-2-3-6(9)5-10/h6,10H,2-5H2,1H3,(H,8,11). The Hall–Kier alpha value is -0.860. The SMILES string of the molecule is COC(=O)NS(=O)(=O)N1CCCC1CO. The van der Waals surface area contributed by atoms with Crippen LogP contribution < -0.4 is 4.72 Å². The van der Waals surface area contributed by atoms with E-state index < -0.39 is 22.3 Å². The molecule has 0 spiro atoms. The highest BCUT2D eigenvalue weighted by Crippen LogP contribution is 2.19. The van der Waals surface area contributed by atoms with Gasteiger partial charge in [-0.1, -0.05) is 0 Å². The molecule has 0 aliphatic carbocycles. The van der Waals surface area contributed by atoms with E-state index in [2.05, 4.69) is 4.74 Å².